The van der Waals surface area contributed by atoms with Crippen molar-refractivity contribution in [3.05, 3.63) is 28.0 Å². The number of rotatable bonds is 3. The van der Waals surface area contributed by atoms with Crippen LogP contribution in [0.4, 0.5) is 0 Å². The third kappa shape index (κ3) is 3.58. The van der Waals surface area contributed by atoms with Gasteiger partial charge in [-0.3, -0.25) is 4.90 Å². The third-order valence-electron chi connectivity index (χ3n) is 3.47. The minimum atomic E-state index is 0.0128. The highest BCUT2D eigenvalue weighted by Gasteiger charge is 2.30. The Labute approximate surface area is 118 Å². The Morgan fingerprint density at radius 3 is 2.67 bits per heavy atom. The Hall–Kier alpha value is -0.350. The number of aliphatic hydroxyl groups excluding tert-OH is 1. The van der Waals surface area contributed by atoms with Gasteiger partial charge in [-0.1, -0.05) is 30.1 Å². The van der Waals surface area contributed by atoms with Crippen molar-refractivity contribution in [1.29, 1.82) is 0 Å². The summed E-state index contributed by atoms with van der Waals surface area (Å²) in [5, 5.41) is 10.3. The molecule has 0 bridgehead atoms. The second kappa shape index (κ2) is 5.74. The number of halogens is 2. The molecule has 1 atom stereocenters. The van der Waals surface area contributed by atoms with Crippen LogP contribution in [0.2, 0.25) is 10.3 Å². The molecule has 0 aromatic carbocycles. The van der Waals surface area contributed by atoms with E-state index in [0.717, 1.165) is 38.0 Å². The van der Waals surface area contributed by atoms with Crippen molar-refractivity contribution >= 4 is 23.2 Å². The number of likely N-dealkylation sites (tertiary alicyclic amines) is 1. The molecule has 1 aromatic rings. The average molecular weight is 289 g/mol. The van der Waals surface area contributed by atoms with Gasteiger partial charge in [0, 0.05) is 25.1 Å². The quantitative estimate of drug-likeness (QED) is 0.869. The Morgan fingerprint density at radius 2 is 2.06 bits per heavy atom. The van der Waals surface area contributed by atoms with Crippen molar-refractivity contribution in [2.45, 2.75) is 26.3 Å². The van der Waals surface area contributed by atoms with Gasteiger partial charge in [-0.05, 0) is 37.1 Å². The van der Waals surface area contributed by atoms with E-state index >= 15 is 0 Å². The van der Waals surface area contributed by atoms with Crippen LogP contribution in [0, 0.1) is 5.41 Å². The monoisotopic (exact) mass is 288 g/mol. The Kier molecular flexibility index (Phi) is 4.49. The molecular weight excluding hydrogens is 271 g/mol. The first-order valence-electron chi connectivity index (χ1n) is 6.16. The van der Waals surface area contributed by atoms with E-state index in [1.165, 1.54) is 0 Å². The molecule has 0 radical (unpaired) electrons. The smallest absolute Gasteiger partial charge is 0.131 e. The maximum atomic E-state index is 9.44. The van der Waals surface area contributed by atoms with Gasteiger partial charge in [-0.15, -0.1) is 0 Å². The first-order valence-corrected chi connectivity index (χ1v) is 6.91. The standard InChI is InChI=1S/C13H18Cl2N2O/c1-13(9-18)3-2-4-17(8-13)7-10-5-11(14)16-12(15)6-10/h5-6,18H,2-4,7-9H2,1H3. The largest absolute Gasteiger partial charge is 0.396 e. The van der Waals surface area contributed by atoms with Gasteiger partial charge in [-0.2, -0.15) is 0 Å². The lowest BCUT2D eigenvalue weighted by Gasteiger charge is -2.39. The topological polar surface area (TPSA) is 36.4 Å². The van der Waals surface area contributed by atoms with Crippen LogP contribution in [0.5, 0.6) is 0 Å². The summed E-state index contributed by atoms with van der Waals surface area (Å²) in [5.74, 6) is 0. The van der Waals surface area contributed by atoms with Crippen LogP contribution in [0.1, 0.15) is 25.3 Å². The van der Waals surface area contributed by atoms with Crippen molar-refractivity contribution in [2.24, 2.45) is 5.41 Å². The van der Waals surface area contributed by atoms with Crippen LogP contribution >= 0.6 is 23.2 Å². The van der Waals surface area contributed by atoms with Crippen LogP contribution in [-0.4, -0.2) is 34.7 Å². The van der Waals surface area contributed by atoms with E-state index in [9.17, 15) is 5.11 Å². The molecule has 1 aliphatic heterocycles. The SMILES string of the molecule is CC1(CO)CCCN(Cc2cc(Cl)nc(Cl)c2)C1. The second-order valence-electron chi connectivity index (χ2n) is 5.40. The normalized spacial score (nSPS) is 25.3. The molecule has 0 aliphatic carbocycles. The predicted octanol–water partition coefficient (Wildman–Crippen LogP) is 2.98. The van der Waals surface area contributed by atoms with Crippen molar-refractivity contribution in [3.8, 4) is 0 Å². The summed E-state index contributed by atoms with van der Waals surface area (Å²) < 4.78 is 0. The van der Waals surface area contributed by atoms with Gasteiger partial charge >= 0.3 is 0 Å². The molecule has 0 saturated carbocycles. The highest BCUT2D eigenvalue weighted by molar-refractivity contribution is 6.32. The highest BCUT2D eigenvalue weighted by Crippen LogP contribution is 2.29. The maximum absolute atomic E-state index is 9.44. The second-order valence-corrected chi connectivity index (χ2v) is 6.18. The third-order valence-corrected chi connectivity index (χ3v) is 3.86. The van der Waals surface area contributed by atoms with E-state index in [1.54, 1.807) is 0 Å². The van der Waals surface area contributed by atoms with Gasteiger partial charge < -0.3 is 5.11 Å². The molecule has 1 saturated heterocycles. The molecule has 18 heavy (non-hydrogen) atoms. The molecule has 2 heterocycles. The van der Waals surface area contributed by atoms with Crippen LogP contribution in [0.25, 0.3) is 0 Å². The molecule has 0 amide bonds. The number of hydrogen-bond donors (Lipinski definition) is 1. The van der Waals surface area contributed by atoms with Crippen LogP contribution in [0.15, 0.2) is 12.1 Å². The van der Waals surface area contributed by atoms with E-state index in [0.29, 0.717) is 10.3 Å². The maximum Gasteiger partial charge on any atom is 0.131 e. The van der Waals surface area contributed by atoms with Crippen molar-refractivity contribution < 1.29 is 5.11 Å². The lowest BCUT2D eigenvalue weighted by Crippen LogP contribution is -2.43. The predicted molar refractivity (Wildman–Crippen MR) is 74.0 cm³/mol. The summed E-state index contributed by atoms with van der Waals surface area (Å²) >= 11 is 11.8. The fourth-order valence-electron chi connectivity index (χ4n) is 2.56. The number of aromatic nitrogens is 1. The first-order chi connectivity index (χ1) is 8.50. The lowest BCUT2D eigenvalue weighted by molar-refractivity contribution is 0.0429. The molecule has 3 nitrogen and oxygen atoms in total. The summed E-state index contributed by atoms with van der Waals surface area (Å²) in [6.45, 7) is 5.12. The molecule has 1 aliphatic rings. The Morgan fingerprint density at radius 1 is 1.39 bits per heavy atom. The van der Waals surface area contributed by atoms with Crippen LogP contribution < -0.4 is 0 Å². The summed E-state index contributed by atoms with van der Waals surface area (Å²) in [4.78, 5) is 6.28. The van der Waals surface area contributed by atoms with Crippen molar-refractivity contribution in [2.75, 3.05) is 19.7 Å². The summed E-state index contributed by atoms with van der Waals surface area (Å²) in [6, 6.07) is 3.69. The highest BCUT2D eigenvalue weighted by atomic mass is 35.5. The molecule has 1 aromatic heterocycles. The van der Waals surface area contributed by atoms with E-state index in [2.05, 4.69) is 16.8 Å². The van der Waals surface area contributed by atoms with Gasteiger partial charge in [-0.25, -0.2) is 4.98 Å². The molecule has 5 heteroatoms. The van der Waals surface area contributed by atoms with Gasteiger partial charge in [0.15, 0.2) is 0 Å². The number of pyridine rings is 1. The zero-order valence-electron chi connectivity index (χ0n) is 10.5. The lowest BCUT2D eigenvalue weighted by atomic mass is 9.83. The zero-order chi connectivity index (χ0) is 13.2. The molecule has 1 N–H and O–H groups in total. The molecule has 2 rings (SSSR count). The van der Waals surface area contributed by atoms with E-state index < -0.39 is 0 Å². The zero-order valence-corrected chi connectivity index (χ0v) is 12.0. The molecule has 1 unspecified atom stereocenters. The molecule has 1 fully saturated rings. The van der Waals surface area contributed by atoms with Gasteiger partial charge in [0.2, 0.25) is 0 Å². The fraction of sp³-hybridized carbons (Fsp3) is 0.615. The minimum Gasteiger partial charge on any atom is -0.396 e. The van der Waals surface area contributed by atoms with Gasteiger partial charge in [0.1, 0.15) is 10.3 Å². The Bertz CT molecular complexity index is 407. The van der Waals surface area contributed by atoms with Crippen molar-refractivity contribution in [3.63, 3.8) is 0 Å². The van der Waals surface area contributed by atoms with E-state index in [1.807, 2.05) is 12.1 Å². The van der Waals surface area contributed by atoms with E-state index in [4.69, 9.17) is 23.2 Å². The molecular formula is C13H18Cl2N2O. The molecule has 0 spiro atoms. The van der Waals surface area contributed by atoms with Crippen molar-refractivity contribution in [1.82, 2.24) is 9.88 Å². The molecule has 100 valence electrons. The number of hydrogen-bond acceptors (Lipinski definition) is 3. The number of piperidine rings is 1. The number of aliphatic hydroxyl groups is 1. The van der Waals surface area contributed by atoms with Crippen LogP contribution in [0.3, 0.4) is 0 Å². The average Bonchev–Trinajstić information content (AvgIpc) is 2.27. The fourth-order valence-corrected chi connectivity index (χ4v) is 3.06. The Balaban J connectivity index is 2.04. The summed E-state index contributed by atoms with van der Waals surface area (Å²) in [6.07, 6.45) is 2.20. The van der Waals surface area contributed by atoms with Crippen LogP contribution in [-0.2, 0) is 6.54 Å². The minimum absolute atomic E-state index is 0.0128. The first kappa shape index (κ1) is 14.1. The van der Waals surface area contributed by atoms with Gasteiger partial charge in [0.25, 0.3) is 0 Å². The van der Waals surface area contributed by atoms with Gasteiger partial charge in [0.05, 0.1) is 0 Å². The summed E-state index contributed by atoms with van der Waals surface area (Å²) in [5.41, 5.74) is 1.08. The van der Waals surface area contributed by atoms with E-state index in [-0.39, 0.29) is 12.0 Å². The summed E-state index contributed by atoms with van der Waals surface area (Å²) in [7, 11) is 0. The number of nitrogens with zero attached hydrogens (tertiary/aromatic N) is 2.